The number of hydrazine groups is 1. The third kappa shape index (κ3) is 4.46. The van der Waals surface area contributed by atoms with Crippen LogP contribution >= 0.6 is 11.8 Å². The fraction of sp³-hybridized carbons (Fsp3) is 0.250. The predicted octanol–water partition coefficient (Wildman–Crippen LogP) is 3.00. The molecular formula is C16H19FN2OS. The van der Waals surface area contributed by atoms with Gasteiger partial charge in [0, 0.05) is 16.7 Å². The smallest absolute Gasteiger partial charge is 0.168 e. The summed E-state index contributed by atoms with van der Waals surface area (Å²) >= 11 is 1.69. The molecule has 0 fully saturated rings. The van der Waals surface area contributed by atoms with Gasteiger partial charge in [0.05, 0.1) is 7.11 Å². The van der Waals surface area contributed by atoms with Crippen molar-refractivity contribution in [2.75, 3.05) is 12.9 Å². The number of methoxy groups -OCH3 is 1. The summed E-state index contributed by atoms with van der Waals surface area (Å²) in [5, 5.41) is 0. The Bertz CT molecular complexity index is 565. The maximum atomic E-state index is 14.1. The van der Waals surface area contributed by atoms with Crippen LogP contribution in [0.3, 0.4) is 0 Å². The normalized spacial score (nSPS) is 12.1. The molecule has 112 valence electrons. The van der Waals surface area contributed by atoms with Crippen LogP contribution in [0.25, 0.3) is 0 Å². The lowest BCUT2D eigenvalue weighted by molar-refractivity contribution is 0.383. The first-order chi connectivity index (χ1) is 10.2. The van der Waals surface area contributed by atoms with Crippen LogP contribution in [0.4, 0.5) is 4.39 Å². The fourth-order valence-electron chi connectivity index (χ4n) is 2.02. The van der Waals surface area contributed by atoms with Crippen LogP contribution in [0.15, 0.2) is 53.4 Å². The van der Waals surface area contributed by atoms with Crippen molar-refractivity contribution in [3.05, 3.63) is 59.9 Å². The Balaban J connectivity index is 1.99. The van der Waals surface area contributed by atoms with Crippen LogP contribution in [0.1, 0.15) is 5.56 Å². The van der Waals surface area contributed by atoms with Crippen LogP contribution in [0.5, 0.6) is 5.75 Å². The monoisotopic (exact) mass is 306 g/mol. The minimum absolute atomic E-state index is 0.0168. The van der Waals surface area contributed by atoms with Crippen LogP contribution < -0.4 is 16.0 Å². The van der Waals surface area contributed by atoms with E-state index in [1.807, 2.05) is 30.3 Å². The zero-order valence-electron chi connectivity index (χ0n) is 11.9. The second-order valence-electron chi connectivity index (χ2n) is 4.63. The van der Waals surface area contributed by atoms with Gasteiger partial charge in [-0.25, -0.2) is 4.39 Å². The summed E-state index contributed by atoms with van der Waals surface area (Å²) in [5.74, 6) is 6.30. The number of nitrogens with one attached hydrogen (secondary N) is 1. The van der Waals surface area contributed by atoms with Crippen molar-refractivity contribution in [2.45, 2.75) is 17.4 Å². The summed E-state index contributed by atoms with van der Waals surface area (Å²) in [6.45, 7) is 0. The molecule has 0 heterocycles. The molecular weight excluding hydrogens is 287 g/mol. The van der Waals surface area contributed by atoms with Gasteiger partial charge in [-0.15, -0.1) is 11.8 Å². The van der Waals surface area contributed by atoms with E-state index in [1.54, 1.807) is 30.0 Å². The fourth-order valence-corrected chi connectivity index (χ4v) is 2.97. The Morgan fingerprint density at radius 2 is 1.95 bits per heavy atom. The molecule has 0 spiro atoms. The first-order valence-corrected chi connectivity index (χ1v) is 7.68. The quantitative estimate of drug-likeness (QED) is 0.469. The minimum Gasteiger partial charge on any atom is -0.494 e. The molecule has 0 aliphatic carbocycles. The first kappa shape index (κ1) is 15.8. The SMILES string of the molecule is COc1cccc(CC(CSc2ccccc2)NN)c1F. The molecule has 0 aromatic heterocycles. The second kappa shape index (κ2) is 8.02. The standard InChI is InChI=1S/C16H19FN2OS/c1-20-15-9-5-6-12(16(15)17)10-13(19-18)11-21-14-7-3-2-4-8-14/h2-9,13,19H,10-11,18H2,1H3. The van der Waals surface area contributed by atoms with Gasteiger partial charge in [0.15, 0.2) is 11.6 Å². The van der Waals surface area contributed by atoms with E-state index in [-0.39, 0.29) is 17.6 Å². The van der Waals surface area contributed by atoms with E-state index < -0.39 is 0 Å². The number of thioether (sulfide) groups is 1. The molecule has 5 heteroatoms. The van der Waals surface area contributed by atoms with Gasteiger partial charge >= 0.3 is 0 Å². The Morgan fingerprint density at radius 1 is 1.19 bits per heavy atom. The third-order valence-corrected chi connectivity index (χ3v) is 4.33. The van der Waals surface area contributed by atoms with Gasteiger partial charge in [0.2, 0.25) is 0 Å². The highest BCUT2D eigenvalue weighted by molar-refractivity contribution is 7.99. The molecule has 3 N–H and O–H groups in total. The molecule has 0 aliphatic rings. The highest BCUT2D eigenvalue weighted by Gasteiger charge is 2.14. The van der Waals surface area contributed by atoms with Gasteiger partial charge in [-0.05, 0) is 30.2 Å². The molecule has 0 saturated heterocycles. The predicted molar refractivity (Wildman–Crippen MR) is 84.9 cm³/mol. The first-order valence-electron chi connectivity index (χ1n) is 6.70. The molecule has 2 aromatic rings. The van der Waals surface area contributed by atoms with Crippen molar-refractivity contribution in [1.82, 2.24) is 5.43 Å². The number of rotatable bonds is 7. The summed E-state index contributed by atoms with van der Waals surface area (Å²) in [5.41, 5.74) is 3.36. The van der Waals surface area contributed by atoms with E-state index in [2.05, 4.69) is 5.43 Å². The van der Waals surface area contributed by atoms with Crippen LogP contribution in [-0.2, 0) is 6.42 Å². The zero-order valence-corrected chi connectivity index (χ0v) is 12.7. The number of halogens is 1. The second-order valence-corrected chi connectivity index (χ2v) is 5.72. The highest BCUT2D eigenvalue weighted by atomic mass is 32.2. The maximum absolute atomic E-state index is 14.1. The molecule has 0 saturated carbocycles. The van der Waals surface area contributed by atoms with Crippen molar-refractivity contribution < 1.29 is 9.13 Å². The molecule has 0 aliphatic heterocycles. The van der Waals surface area contributed by atoms with Crippen molar-refractivity contribution in [1.29, 1.82) is 0 Å². The van der Waals surface area contributed by atoms with E-state index >= 15 is 0 Å². The minimum atomic E-state index is -0.315. The van der Waals surface area contributed by atoms with Crippen molar-refractivity contribution in [3.63, 3.8) is 0 Å². The number of hydrogen-bond donors (Lipinski definition) is 2. The number of ether oxygens (including phenoxy) is 1. The largest absolute Gasteiger partial charge is 0.494 e. The Labute approximate surface area is 128 Å². The Kier molecular flexibility index (Phi) is 6.04. The summed E-state index contributed by atoms with van der Waals surface area (Å²) in [6.07, 6.45) is 0.513. The average Bonchev–Trinajstić information content (AvgIpc) is 2.54. The third-order valence-electron chi connectivity index (χ3n) is 3.16. The molecule has 0 radical (unpaired) electrons. The molecule has 2 aromatic carbocycles. The van der Waals surface area contributed by atoms with Crippen molar-refractivity contribution >= 4 is 11.8 Å². The van der Waals surface area contributed by atoms with E-state index in [9.17, 15) is 4.39 Å². The number of nitrogens with two attached hydrogens (primary N) is 1. The average molecular weight is 306 g/mol. The van der Waals surface area contributed by atoms with Gasteiger partial charge in [-0.1, -0.05) is 30.3 Å². The van der Waals surface area contributed by atoms with Gasteiger partial charge in [0.1, 0.15) is 0 Å². The molecule has 3 nitrogen and oxygen atoms in total. The topological polar surface area (TPSA) is 47.3 Å². The van der Waals surface area contributed by atoms with E-state index in [1.165, 1.54) is 12.0 Å². The summed E-state index contributed by atoms with van der Waals surface area (Å²) < 4.78 is 19.1. The van der Waals surface area contributed by atoms with E-state index in [0.717, 1.165) is 5.75 Å². The highest BCUT2D eigenvalue weighted by Crippen LogP contribution is 2.23. The lowest BCUT2D eigenvalue weighted by atomic mass is 10.1. The Morgan fingerprint density at radius 3 is 2.62 bits per heavy atom. The summed E-state index contributed by atoms with van der Waals surface area (Å²) in [7, 11) is 1.46. The molecule has 2 rings (SSSR count). The van der Waals surface area contributed by atoms with Crippen LogP contribution in [0.2, 0.25) is 0 Å². The lowest BCUT2D eigenvalue weighted by Gasteiger charge is -2.16. The van der Waals surface area contributed by atoms with Gasteiger partial charge in [0.25, 0.3) is 0 Å². The van der Waals surface area contributed by atoms with E-state index in [4.69, 9.17) is 10.6 Å². The molecule has 0 amide bonds. The van der Waals surface area contributed by atoms with Gasteiger partial charge in [-0.2, -0.15) is 0 Å². The molecule has 1 atom stereocenters. The van der Waals surface area contributed by atoms with Crippen molar-refractivity contribution in [3.8, 4) is 5.75 Å². The van der Waals surface area contributed by atoms with E-state index in [0.29, 0.717) is 12.0 Å². The van der Waals surface area contributed by atoms with Gasteiger partial charge < -0.3 is 4.74 Å². The number of hydrogen-bond acceptors (Lipinski definition) is 4. The zero-order chi connectivity index (χ0) is 15.1. The lowest BCUT2D eigenvalue weighted by Crippen LogP contribution is -2.38. The summed E-state index contributed by atoms with van der Waals surface area (Å²) in [6, 6.07) is 15.2. The van der Waals surface area contributed by atoms with Crippen molar-refractivity contribution in [2.24, 2.45) is 5.84 Å². The van der Waals surface area contributed by atoms with Gasteiger partial charge in [-0.3, -0.25) is 11.3 Å². The number of benzene rings is 2. The Hall–Kier alpha value is -1.56. The molecule has 1 unspecified atom stereocenters. The van der Waals surface area contributed by atoms with Crippen LogP contribution in [-0.4, -0.2) is 18.9 Å². The summed E-state index contributed by atoms with van der Waals surface area (Å²) in [4.78, 5) is 1.17. The maximum Gasteiger partial charge on any atom is 0.168 e. The molecule has 0 bridgehead atoms. The van der Waals surface area contributed by atoms with Crippen LogP contribution in [0, 0.1) is 5.82 Å². The molecule has 21 heavy (non-hydrogen) atoms.